The fraction of sp³-hybridized carbons (Fsp3) is 0.133. The van der Waals surface area contributed by atoms with E-state index in [0.717, 1.165) is 4.47 Å². The van der Waals surface area contributed by atoms with Crippen LogP contribution >= 0.6 is 50.7 Å². The predicted molar refractivity (Wildman–Crippen MR) is 99.5 cm³/mol. The van der Waals surface area contributed by atoms with Crippen LogP contribution in [0.2, 0.25) is 5.02 Å². The van der Waals surface area contributed by atoms with Crippen LogP contribution in [0.1, 0.15) is 10.4 Å². The highest BCUT2D eigenvalue weighted by molar-refractivity contribution is 9.10. The zero-order valence-electron chi connectivity index (χ0n) is 11.9. The second-order valence-electron chi connectivity index (χ2n) is 4.73. The van der Waals surface area contributed by atoms with E-state index in [1.807, 2.05) is 0 Å². The second-order valence-corrected chi connectivity index (χ2v) is 9.32. The molecule has 0 spiro atoms. The van der Waals surface area contributed by atoms with Crippen LogP contribution in [0.25, 0.3) is 0 Å². The van der Waals surface area contributed by atoms with Crippen molar-refractivity contribution in [2.75, 3.05) is 0 Å². The maximum absolute atomic E-state index is 12.7. The topological polar surface area (TPSA) is 63.2 Å². The van der Waals surface area contributed by atoms with E-state index in [-0.39, 0.29) is 10.5 Å². The van der Waals surface area contributed by atoms with Gasteiger partial charge in [0.15, 0.2) is 5.37 Å². The number of amides is 1. The second kappa shape index (κ2) is 8.06. The molecule has 0 aliphatic rings. The Morgan fingerprint density at radius 1 is 1.00 bits per heavy atom. The van der Waals surface area contributed by atoms with E-state index in [9.17, 15) is 13.2 Å². The van der Waals surface area contributed by atoms with Gasteiger partial charge in [-0.25, -0.2) is 8.42 Å². The Morgan fingerprint density at radius 2 is 1.54 bits per heavy atom. The number of benzene rings is 2. The summed E-state index contributed by atoms with van der Waals surface area (Å²) in [6.07, 6.45) is 0. The summed E-state index contributed by atoms with van der Waals surface area (Å²) < 4.78 is 26.1. The molecule has 0 bridgehead atoms. The summed E-state index contributed by atoms with van der Waals surface area (Å²) in [6, 6.07) is 11.9. The van der Waals surface area contributed by atoms with Gasteiger partial charge in [0.1, 0.15) is 4.84 Å². The number of rotatable bonds is 5. The van der Waals surface area contributed by atoms with Crippen molar-refractivity contribution in [3.8, 4) is 0 Å². The zero-order valence-corrected chi connectivity index (χ0v) is 16.6. The van der Waals surface area contributed by atoms with Gasteiger partial charge in [0, 0.05) is 15.1 Å². The lowest BCUT2D eigenvalue weighted by atomic mass is 10.2. The van der Waals surface area contributed by atoms with E-state index in [2.05, 4.69) is 21.2 Å². The highest BCUT2D eigenvalue weighted by atomic mass is 79.9. The molecule has 24 heavy (non-hydrogen) atoms. The fourth-order valence-electron chi connectivity index (χ4n) is 1.86. The molecule has 2 rings (SSSR count). The van der Waals surface area contributed by atoms with Crippen molar-refractivity contribution in [2.45, 2.75) is 15.1 Å². The van der Waals surface area contributed by atoms with Gasteiger partial charge in [0.2, 0.25) is 9.84 Å². The van der Waals surface area contributed by atoms with E-state index in [1.165, 1.54) is 24.3 Å². The fourth-order valence-corrected chi connectivity index (χ4v) is 4.53. The molecule has 1 atom stereocenters. The van der Waals surface area contributed by atoms with E-state index >= 15 is 0 Å². The Labute approximate surface area is 163 Å². The average molecular weight is 472 g/mol. The Kier molecular flexibility index (Phi) is 6.56. The molecule has 1 amide bonds. The number of carbonyl (C=O) groups is 1. The maximum atomic E-state index is 12.7. The Morgan fingerprint density at radius 3 is 2.04 bits per heavy atom. The summed E-state index contributed by atoms with van der Waals surface area (Å²) >= 11 is 20.6. The van der Waals surface area contributed by atoms with Crippen molar-refractivity contribution < 1.29 is 13.2 Å². The average Bonchev–Trinajstić information content (AvgIpc) is 2.53. The van der Waals surface area contributed by atoms with Crippen LogP contribution in [0.15, 0.2) is 57.9 Å². The molecule has 0 aliphatic carbocycles. The van der Waals surface area contributed by atoms with Gasteiger partial charge in [0.05, 0.1) is 4.90 Å². The van der Waals surface area contributed by atoms with Gasteiger partial charge >= 0.3 is 0 Å². The largest absolute Gasteiger partial charge is 0.333 e. The van der Waals surface area contributed by atoms with Gasteiger partial charge in [-0.3, -0.25) is 4.79 Å². The van der Waals surface area contributed by atoms with Crippen LogP contribution in [0.4, 0.5) is 0 Å². The van der Waals surface area contributed by atoms with Crippen molar-refractivity contribution in [1.29, 1.82) is 0 Å². The zero-order chi connectivity index (χ0) is 17.9. The summed E-state index contributed by atoms with van der Waals surface area (Å²) in [5, 5.41) is 1.25. The summed E-state index contributed by atoms with van der Waals surface area (Å²) in [6.45, 7) is 0. The third-order valence-electron chi connectivity index (χ3n) is 3.09. The van der Waals surface area contributed by atoms with Crippen molar-refractivity contribution >= 4 is 66.5 Å². The minimum atomic E-state index is -3.99. The number of nitrogens with one attached hydrogen (secondary N) is 1. The summed E-state index contributed by atoms with van der Waals surface area (Å²) in [4.78, 5) is 10.9. The van der Waals surface area contributed by atoms with Gasteiger partial charge < -0.3 is 5.32 Å². The van der Waals surface area contributed by atoms with Crippen LogP contribution < -0.4 is 5.32 Å². The molecule has 0 fully saturated rings. The first-order valence-electron chi connectivity index (χ1n) is 6.56. The summed E-state index contributed by atoms with van der Waals surface area (Å²) in [7, 11) is -3.99. The molecule has 9 heteroatoms. The van der Waals surface area contributed by atoms with Crippen molar-refractivity contribution in [1.82, 2.24) is 5.32 Å². The quantitative estimate of drug-likeness (QED) is 0.656. The van der Waals surface area contributed by atoms with Gasteiger partial charge in [-0.05, 0) is 48.5 Å². The normalized spacial score (nSPS) is 12.9. The summed E-state index contributed by atoms with van der Waals surface area (Å²) in [5.74, 6) is -0.601. The smallest absolute Gasteiger partial charge is 0.252 e. The van der Waals surface area contributed by atoms with E-state index in [4.69, 9.17) is 34.8 Å². The standard InChI is InChI=1S/C15H11BrCl3NO3S/c16-10-3-1-9(2-4-10)14(21)20-15(13(18)19)24(22,23)12-7-5-11(17)6-8-12/h1-8,13,15H,(H,20,21)/t15-/m1/s1. The molecule has 2 aromatic carbocycles. The lowest BCUT2D eigenvalue weighted by Gasteiger charge is -2.20. The van der Waals surface area contributed by atoms with Crippen LogP contribution in [-0.2, 0) is 9.84 Å². The van der Waals surface area contributed by atoms with Crippen LogP contribution in [0.5, 0.6) is 0 Å². The van der Waals surface area contributed by atoms with E-state index in [1.54, 1.807) is 24.3 Å². The van der Waals surface area contributed by atoms with E-state index in [0.29, 0.717) is 5.02 Å². The van der Waals surface area contributed by atoms with Crippen molar-refractivity contribution in [3.05, 3.63) is 63.6 Å². The van der Waals surface area contributed by atoms with Gasteiger partial charge in [-0.15, -0.1) is 23.2 Å². The third kappa shape index (κ3) is 4.64. The number of alkyl halides is 2. The molecule has 1 N–H and O–H groups in total. The van der Waals surface area contributed by atoms with E-state index < -0.39 is 26.0 Å². The molecule has 128 valence electrons. The Balaban J connectivity index is 2.30. The number of halogens is 4. The maximum Gasteiger partial charge on any atom is 0.252 e. The molecular weight excluding hydrogens is 460 g/mol. The lowest BCUT2D eigenvalue weighted by molar-refractivity contribution is 0.0949. The Bertz CT molecular complexity index is 824. The van der Waals surface area contributed by atoms with Crippen LogP contribution in [-0.4, -0.2) is 24.5 Å². The first-order chi connectivity index (χ1) is 11.2. The van der Waals surface area contributed by atoms with Crippen LogP contribution in [0.3, 0.4) is 0 Å². The molecular formula is C15H11BrCl3NO3S. The molecule has 0 radical (unpaired) electrons. The number of hydrogen-bond donors (Lipinski definition) is 1. The monoisotopic (exact) mass is 469 g/mol. The van der Waals surface area contributed by atoms with Gasteiger partial charge in [-0.2, -0.15) is 0 Å². The highest BCUT2D eigenvalue weighted by Crippen LogP contribution is 2.24. The van der Waals surface area contributed by atoms with Crippen molar-refractivity contribution in [2.24, 2.45) is 0 Å². The molecule has 0 heterocycles. The highest BCUT2D eigenvalue weighted by Gasteiger charge is 2.34. The number of sulfone groups is 1. The minimum Gasteiger partial charge on any atom is -0.333 e. The Hall–Kier alpha value is -0.790. The van der Waals surface area contributed by atoms with Gasteiger partial charge in [-0.1, -0.05) is 27.5 Å². The first kappa shape index (κ1) is 19.5. The third-order valence-corrected chi connectivity index (χ3v) is 6.66. The van der Waals surface area contributed by atoms with Gasteiger partial charge in [0.25, 0.3) is 5.91 Å². The number of carbonyl (C=O) groups excluding carboxylic acids is 1. The van der Waals surface area contributed by atoms with Crippen LogP contribution in [0, 0.1) is 0 Å². The molecule has 0 saturated carbocycles. The predicted octanol–water partition coefficient (Wildman–Crippen LogP) is 4.44. The SMILES string of the molecule is O=C(N[C@@H](C(Cl)Cl)S(=O)(=O)c1ccc(Cl)cc1)c1ccc(Br)cc1. The molecule has 2 aromatic rings. The molecule has 4 nitrogen and oxygen atoms in total. The minimum absolute atomic E-state index is 0.0423. The lowest BCUT2D eigenvalue weighted by Crippen LogP contribution is -2.45. The molecule has 0 saturated heterocycles. The first-order valence-corrected chi connectivity index (χ1v) is 10.1. The van der Waals surface area contributed by atoms with Crippen molar-refractivity contribution in [3.63, 3.8) is 0 Å². The molecule has 0 aliphatic heterocycles. The molecule has 0 aromatic heterocycles. The summed E-state index contributed by atoms with van der Waals surface area (Å²) in [5.41, 5.74) is 0.281. The molecule has 0 unspecified atom stereocenters. The number of hydrogen-bond acceptors (Lipinski definition) is 3.